The highest BCUT2D eigenvalue weighted by Gasteiger charge is 2.29. The van der Waals surface area contributed by atoms with Crippen molar-refractivity contribution in [3.8, 4) is 11.1 Å². The van der Waals surface area contributed by atoms with E-state index < -0.39 is 12.1 Å². The highest BCUT2D eigenvalue weighted by atomic mass is 16.6. The van der Waals surface area contributed by atoms with Crippen molar-refractivity contribution >= 4 is 12.1 Å². The minimum Gasteiger partial charge on any atom is -0.481 e. The van der Waals surface area contributed by atoms with Crippen LogP contribution in [0.4, 0.5) is 4.79 Å². The molecule has 6 heteroatoms. The maximum Gasteiger partial charge on any atom is 0.409 e. The van der Waals surface area contributed by atoms with Gasteiger partial charge >= 0.3 is 12.1 Å². The fraction of sp³-hybridized carbons (Fsp3) is 0.333. The van der Waals surface area contributed by atoms with E-state index in [1.807, 2.05) is 24.3 Å². The smallest absolute Gasteiger partial charge is 0.409 e. The molecular weight excluding hydrogens is 346 g/mol. The molecule has 1 amide bonds. The number of aliphatic carboxylic acids is 1. The van der Waals surface area contributed by atoms with E-state index in [1.54, 1.807) is 7.05 Å². The summed E-state index contributed by atoms with van der Waals surface area (Å²) in [5.41, 5.74) is 4.72. The van der Waals surface area contributed by atoms with Gasteiger partial charge in [-0.2, -0.15) is 0 Å². The van der Waals surface area contributed by atoms with Crippen molar-refractivity contribution in [2.24, 2.45) is 0 Å². The van der Waals surface area contributed by atoms with Crippen molar-refractivity contribution in [2.75, 3.05) is 33.4 Å². The lowest BCUT2D eigenvalue weighted by atomic mass is 9.98. The normalized spacial score (nSPS) is 12.3. The fourth-order valence-corrected chi connectivity index (χ4v) is 3.26. The third kappa shape index (κ3) is 4.46. The van der Waals surface area contributed by atoms with Gasteiger partial charge in [-0.05, 0) is 22.3 Å². The summed E-state index contributed by atoms with van der Waals surface area (Å²) in [6, 6.07) is 16.4. The first-order valence-electron chi connectivity index (χ1n) is 8.93. The second-order valence-corrected chi connectivity index (χ2v) is 6.48. The zero-order chi connectivity index (χ0) is 19.2. The number of rotatable bonds is 8. The predicted octanol–water partition coefficient (Wildman–Crippen LogP) is 3.36. The van der Waals surface area contributed by atoms with E-state index in [0.29, 0.717) is 6.54 Å². The SMILES string of the molecule is CN(CCOCCC(=O)O)C(=O)OCC1c2ccccc2-c2ccccc21. The number of fused-ring (bicyclic) bond motifs is 3. The van der Waals surface area contributed by atoms with Gasteiger partial charge < -0.3 is 19.5 Å². The Balaban J connectivity index is 1.54. The molecule has 1 N–H and O–H groups in total. The number of hydrogen-bond donors (Lipinski definition) is 1. The summed E-state index contributed by atoms with van der Waals surface area (Å²) in [4.78, 5) is 24.1. The number of carboxylic acids is 1. The fourth-order valence-electron chi connectivity index (χ4n) is 3.26. The predicted molar refractivity (Wildman–Crippen MR) is 101 cm³/mol. The Morgan fingerprint density at radius 1 is 1.00 bits per heavy atom. The van der Waals surface area contributed by atoms with E-state index in [2.05, 4.69) is 24.3 Å². The maximum atomic E-state index is 12.2. The zero-order valence-electron chi connectivity index (χ0n) is 15.3. The van der Waals surface area contributed by atoms with Crippen LogP contribution in [0.1, 0.15) is 23.5 Å². The molecule has 1 aliphatic rings. The highest BCUT2D eigenvalue weighted by molar-refractivity contribution is 5.79. The molecule has 1 aliphatic carbocycles. The molecule has 0 spiro atoms. The lowest BCUT2D eigenvalue weighted by molar-refractivity contribution is -0.138. The molecule has 0 heterocycles. The van der Waals surface area contributed by atoms with Crippen molar-refractivity contribution in [1.82, 2.24) is 4.90 Å². The second-order valence-electron chi connectivity index (χ2n) is 6.48. The Morgan fingerprint density at radius 3 is 2.19 bits per heavy atom. The molecule has 0 saturated heterocycles. The minimum atomic E-state index is -0.903. The number of amides is 1. The van der Waals surface area contributed by atoms with E-state index in [4.69, 9.17) is 14.6 Å². The number of carbonyl (C=O) groups is 2. The molecule has 2 aromatic rings. The Labute approximate surface area is 158 Å². The summed E-state index contributed by atoms with van der Waals surface area (Å²) in [5.74, 6) is -0.874. The molecule has 0 bridgehead atoms. The Morgan fingerprint density at radius 2 is 1.59 bits per heavy atom. The largest absolute Gasteiger partial charge is 0.481 e. The van der Waals surface area contributed by atoms with Crippen molar-refractivity contribution in [2.45, 2.75) is 12.3 Å². The molecule has 2 aromatic carbocycles. The number of benzene rings is 2. The van der Waals surface area contributed by atoms with Crippen LogP contribution in [0.3, 0.4) is 0 Å². The first-order chi connectivity index (χ1) is 13.1. The monoisotopic (exact) mass is 369 g/mol. The molecule has 0 aliphatic heterocycles. The molecule has 0 fully saturated rings. The number of carboxylic acid groups (broad SMARTS) is 1. The maximum absolute atomic E-state index is 12.2. The quantitative estimate of drug-likeness (QED) is 0.722. The number of carbonyl (C=O) groups excluding carboxylic acids is 1. The van der Waals surface area contributed by atoms with Crippen LogP contribution in [0.25, 0.3) is 11.1 Å². The molecule has 0 atom stereocenters. The first kappa shape index (κ1) is 18.9. The standard InChI is InChI=1S/C21H23NO5/c1-22(11-13-26-12-10-20(23)24)21(25)27-14-19-17-8-4-2-6-15(17)16-7-3-5-9-18(16)19/h2-9,19H,10-14H2,1H3,(H,23,24). The lowest BCUT2D eigenvalue weighted by Crippen LogP contribution is -2.31. The van der Waals surface area contributed by atoms with Crippen molar-refractivity contribution in [1.29, 1.82) is 0 Å². The van der Waals surface area contributed by atoms with E-state index in [1.165, 1.54) is 27.2 Å². The zero-order valence-corrected chi connectivity index (χ0v) is 15.3. The molecule has 142 valence electrons. The summed E-state index contributed by atoms with van der Waals surface area (Å²) in [7, 11) is 1.64. The van der Waals surface area contributed by atoms with Gasteiger partial charge in [-0.3, -0.25) is 4.79 Å². The van der Waals surface area contributed by atoms with Gasteiger partial charge in [0.15, 0.2) is 0 Å². The van der Waals surface area contributed by atoms with Gasteiger partial charge in [-0.25, -0.2) is 4.79 Å². The van der Waals surface area contributed by atoms with Gasteiger partial charge in [0.05, 0.1) is 19.6 Å². The lowest BCUT2D eigenvalue weighted by Gasteiger charge is -2.19. The summed E-state index contributed by atoms with van der Waals surface area (Å²) < 4.78 is 10.7. The third-order valence-electron chi connectivity index (χ3n) is 4.68. The summed E-state index contributed by atoms with van der Waals surface area (Å²) >= 11 is 0. The Hall–Kier alpha value is -2.86. The van der Waals surface area contributed by atoms with Gasteiger partial charge in [0.1, 0.15) is 6.61 Å². The van der Waals surface area contributed by atoms with Gasteiger partial charge in [-0.1, -0.05) is 48.5 Å². The van der Waals surface area contributed by atoms with Crippen LogP contribution in [-0.4, -0.2) is 55.5 Å². The average Bonchev–Trinajstić information content (AvgIpc) is 2.99. The molecule has 0 saturated carbocycles. The summed E-state index contributed by atoms with van der Waals surface area (Å²) in [6.45, 7) is 1.02. The molecule has 0 radical (unpaired) electrons. The molecule has 6 nitrogen and oxygen atoms in total. The second kappa shape index (κ2) is 8.68. The van der Waals surface area contributed by atoms with Crippen molar-refractivity contribution < 1.29 is 24.2 Å². The molecule has 0 unspecified atom stereocenters. The van der Waals surface area contributed by atoms with Crippen LogP contribution < -0.4 is 0 Å². The van der Waals surface area contributed by atoms with Crippen LogP contribution in [0.15, 0.2) is 48.5 Å². The van der Waals surface area contributed by atoms with E-state index in [0.717, 1.165) is 0 Å². The van der Waals surface area contributed by atoms with Gasteiger partial charge in [0.25, 0.3) is 0 Å². The van der Waals surface area contributed by atoms with Gasteiger partial charge in [0, 0.05) is 19.5 Å². The van der Waals surface area contributed by atoms with Gasteiger partial charge in [0.2, 0.25) is 0 Å². The Bertz CT molecular complexity index is 774. The molecule has 0 aromatic heterocycles. The molecular formula is C21H23NO5. The van der Waals surface area contributed by atoms with Crippen LogP contribution >= 0.6 is 0 Å². The minimum absolute atomic E-state index is 0.0292. The van der Waals surface area contributed by atoms with Crippen LogP contribution in [0.2, 0.25) is 0 Å². The van der Waals surface area contributed by atoms with E-state index >= 15 is 0 Å². The average molecular weight is 369 g/mol. The van der Waals surface area contributed by atoms with E-state index in [9.17, 15) is 9.59 Å². The summed E-state index contributed by atoms with van der Waals surface area (Å²) in [6.07, 6.45) is -0.465. The Kier molecular flexibility index (Phi) is 6.08. The van der Waals surface area contributed by atoms with Crippen molar-refractivity contribution in [3.63, 3.8) is 0 Å². The van der Waals surface area contributed by atoms with Crippen LogP contribution in [0.5, 0.6) is 0 Å². The number of nitrogens with zero attached hydrogens (tertiary/aromatic N) is 1. The van der Waals surface area contributed by atoms with Gasteiger partial charge in [-0.15, -0.1) is 0 Å². The molecule has 27 heavy (non-hydrogen) atoms. The number of likely N-dealkylation sites (N-methyl/N-ethyl adjacent to an activating group) is 1. The van der Waals surface area contributed by atoms with Crippen LogP contribution in [-0.2, 0) is 14.3 Å². The van der Waals surface area contributed by atoms with Crippen LogP contribution in [0, 0.1) is 0 Å². The number of ether oxygens (including phenoxy) is 2. The van der Waals surface area contributed by atoms with Crippen molar-refractivity contribution in [3.05, 3.63) is 59.7 Å². The third-order valence-corrected chi connectivity index (χ3v) is 4.68. The number of hydrogen-bond acceptors (Lipinski definition) is 4. The summed E-state index contributed by atoms with van der Waals surface area (Å²) in [5, 5.41) is 8.56. The first-order valence-corrected chi connectivity index (χ1v) is 8.93. The topological polar surface area (TPSA) is 76.1 Å². The molecule has 3 rings (SSSR count). The van der Waals surface area contributed by atoms with E-state index in [-0.39, 0.29) is 32.2 Å². The highest BCUT2D eigenvalue weighted by Crippen LogP contribution is 2.44.